The van der Waals surface area contributed by atoms with Crippen LogP contribution in [0, 0.1) is 24.7 Å². The Kier molecular flexibility index (Phi) is 24.0. The molecule has 0 saturated carbocycles. The van der Waals surface area contributed by atoms with E-state index in [2.05, 4.69) is 31.2 Å². The number of nitrogens with two attached hydrogens (primary N) is 2. The van der Waals surface area contributed by atoms with E-state index < -0.39 is 0 Å². The molecule has 0 radical (unpaired) electrons. The quantitative estimate of drug-likeness (QED) is 0.00947. The second-order valence-corrected chi connectivity index (χ2v) is 16.4. The fourth-order valence-electron chi connectivity index (χ4n) is 7.19. The van der Waals surface area contributed by atoms with Gasteiger partial charge in [0.2, 0.25) is 0 Å². The van der Waals surface area contributed by atoms with Crippen molar-refractivity contribution in [3.05, 3.63) is 142 Å². The van der Waals surface area contributed by atoms with Crippen molar-refractivity contribution in [1.82, 2.24) is 20.6 Å². The monoisotopic (exact) mass is 945 g/mol. The van der Waals surface area contributed by atoms with Crippen molar-refractivity contribution in [2.75, 3.05) is 36.9 Å². The van der Waals surface area contributed by atoms with E-state index in [-0.39, 0.29) is 29.4 Å². The number of ether oxygens (including phenoxy) is 3. The Morgan fingerprint density at radius 2 is 1.07 bits per heavy atom. The number of rotatable bonds is 29. The number of carbonyl (C=O) groups excluding carboxylic acids is 2. The van der Waals surface area contributed by atoms with Crippen LogP contribution in [-0.2, 0) is 51.8 Å². The van der Waals surface area contributed by atoms with Crippen molar-refractivity contribution in [2.24, 2.45) is 11.5 Å². The molecule has 3 aromatic carbocycles. The molecule has 11 N–H and O–H groups in total. The number of esters is 2. The number of hydrogen-bond acceptors (Lipinski definition) is 14. The molecule has 0 saturated heterocycles. The van der Waals surface area contributed by atoms with Crippen molar-refractivity contribution >= 4 is 35.0 Å². The summed E-state index contributed by atoms with van der Waals surface area (Å²) >= 11 is 0. The second kappa shape index (κ2) is 30.4. The Morgan fingerprint density at radius 1 is 0.609 bits per heavy atom. The van der Waals surface area contributed by atoms with Gasteiger partial charge in [0, 0.05) is 85.0 Å². The fraction of sp³-hybridized carbons (Fsp3) is 0.396. The molecule has 370 valence electrons. The average Bonchev–Trinajstić information content (AvgIpc) is 3.34. The van der Waals surface area contributed by atoms with Gasteiger partial charge in [-0.3, -0.25) is 30.4 Å². The van der Waals surface area contributed by atoms with E-state index in [0.717, 1.165) is 102 Å². The highest BCUT2D eigenvalue weighted by molar-refractivity contribution is 5.95. The molecule has 0 aliphatic rings. The first kappa shape index (κ1) is 54.6. The van der Waals surface area contributed by atoms with Crippen LogP contribution in [0.4, 0.5) is 11.4 Å². The molecule has 0 unspecified atom stereocenters. The lowest BCUT2D eigenvalue weighted by atomic mass is 10.1. The van der Waals surface area contributed by atoms with Gasteiger partial charge in [-0.1, -0.05) is 43.2 Å². The molecule has 2 aromatic heterocycles. The summed E-state index contributed by atoms with van der Waals surface area (Å²) in [5, 5.41) is 39.2. The van der Waals surface area contributed by atoms with Gasteiger partial charge in [0.25, 0.3) is 0 Å². The largest absolute Gasteiger partial charge is 0.506 e. The minimum absolute atomic E-state index is 0.0356. The predicted molar refractivity (Wildman–Crippen MR) is 274 cm³/mol. The first-order chi connectivity index (χ1) is 33.4. The minimum Gasteiger partial charge on any atom is -0.506 e. The smallest absolute Gasteiger partial charge is 0.305 e. The van der Waals surface area contributed by atoms with Crippen molar-refractivity contribution in [1.29, 1.82) is 10.8 Å². The van der Waals surface area contributed by atoms with Crippen molar-refractivity contribution in [3.8, 4) is 11.5 Å². The summed E-state index contributed by atoms with van der Waals surface area (Å²) in [6.45, 7) is 12.6. The average molecular weight is 945 g/mol. The molecule has 5 rings (SSSR count). The zero-order valence-corrected chi connectivity index (χ0v) is 40.7. The summed E-state index contributed by atoms with van der Waals surface area (Å²) in [6.07, 6.45) is 10.1. The highest BCUT2D eigenvalue weighted by Crippen LogP contribution is 2.28. The van der Waals surface area contributed by atoms with Crippen LogP contribution in [0.5, 0.6) is 11.5 Å². The standard InChI is InChI=1S/C30H39N5O3.C23H33N5O3/c1-3-37-28(36)12-8-5-9-17-33-20-27-25(19-35-26-15-13-24(14-16-26)30(31)32)18-34-22(2)29(27)38-21-23-10-6-4-7-11-23;1-3-31-21(29)7-5-4-6-12-26-15-20-18(13-27-16(2)22(20)30)14-28-19-10-8-17(9-11-19)23(24)25/h4,6-7,10-11,13-16,18,33,35H,3,5,8-9,12,17,19-21H2,1-2H3,(H3,31,32);8-11,13,26,28,30H,3-7,12,14-15H2,1-2H3,(H3,24,25). The lowest BCUT2D eigenvalue weighted by Gasteiger charge is -2.19. The number of nitrogen functional groups attached to an aromatic ring is 2. The molecule has 0 aliphatic heterocycles. The van der Waals surface area contributed by atoms with Gasteiger partial charge in [-0.25, -0.2) is 0 Å². The zero-order chi connectivity index (χ0) is 49.8. The zero-order valence-electron chi connectivity index (χ0n) is 40.7. The number of unbranched alkanes of at least 4 members (excludes halogenated alkanes) is 4. The molecule has 69 heavy (non-hydrogen) atoms. The normalized spacial score (nSPS) is 10.7. The number of aryl methyl sites for hydroxylation is 2. The third-order valence-corrected chi connectivity index (χ3v) is 11.1. The van der Waals surface area contributed by atoms with Gasteiger partial charge in [0.05, 0.1) is 24.6 Å². The van der Waals surface area contributed by atoms with E-state index in [0.29, 0.717) is 75.7 Å². The van der Waals surface area contributed by atoms with Crippen LogP contribution in [0.15, 0.2) is 91.3 Å². The molecule has 2 heterocycles. The Morgan fingerprint density at radius 3 is 1.55 bits per heavy atom. The Balaban J connectivity index is 0.000000307. The second-order valence-electron chi connectivity index (χ2n) is 16.4. The van der Waals surface area contributed by atoms with E-state index in [1.54, 1.807) is 25.3 Å². The van der Waals surface area contributed by atoms with E-state index >= 15 is 0 Å². The highest BCUT2D eigenvalue weighted by atomic mass is 16.5. The van der Waals surface area contributed by atoms with Crippen LogP contribution in [-0.4, -0.2) is 65.0 Å². The molecule has 0 amide bonds. The number of nitrogens with zero attached hydrogens (tertiary/aromatic N) is 2. The number of aromatic hydroxyl groups is 1. The predicted octanol–water partition coefficient (Wildman–Crippen LogP) is 8.28. The van der Waals surface area contributed by atoms with Gasteiger partial charge in [0.15, 0.2) is 0 Å². The maximum Gasteiger partial charge on any atom is 0.305 e. The number of hydrogen-bond donors (Lipinski definition) is 9. The van der Waals surface area contributed by atoms with E-state index in [9.17, 15) is 14.7 Å². The third-order valence-electron chi connectivity index (χ3n) is 11.1. The first-order valence-electron chi connectivity index (χ1n) is 23.8. The molecule has 0 spiro atoms. The minimum atomic E-state index is -0.138. The van der Waals surface area contributed by atoms with Gasteiger partial charge in [-0.15, -0.1) is 0 Å². The maximum atomic E-state index is 11.5. The number of nitrogens with one attached hydrogen (secondary N) is 6. The van der Waals surface area contributed by atoms with Crippen LogP contribution >= 0.6 is 0 Å². The van der Waals surface area contributed by atoms with E-state index in [1.165, 1.54) is 0 Å². The van der Waals surface area contributed by atoms with Crippen LogP contribution in [0.2, 0.25) is 0 Å². The Hall–Kier alpha value is -7.04. The lowest BCUT2D eigenvalue weighted by Crippen LogP contribution is -2.19. The topological polar surface area (TPSA) is 256 Å². The molecule has 0 bridgehead atoms. The summed E-state index contributed by atoms with van der Waals surface area (Å²) in [6, 6.07) is 24.9. The van der Waals surface area contributed by atoms with Gasteiger partial charge in [-0.05, 0) is 132 Å². The molecule has 0 atom stereocenters. The highest BCUT2D eigenvalue weighted by Gasteiger charge is 2.16. The molecular formula is C53H72N10O6. The van der Waals surface area contributed by atoms with E-state index in [1.807, 2.05) is 93.7 Å². The third kappa shape index (κ3) is 19.6. The number of aromatic nitrogens is 2. The van der Waals surface area contributed by atoms with Crippen LogP contribution in [0.1, 0.15) is 116 Å². The van der Waals surface area contributed by atoms with Crippen LogP contribution in [0.3, 0.4) is 0 Å². The molecule has 0 fully saturated rings. The van der Waals surface area contributed by atoms with Gasteiger partial charge < -0.3 is 52.1 Å². The summed E-state index contributed by atoms with van der Waals surface area (Å²) in [5.41, 5.74) is 20.7. The van der Waals surface area contributed by atoms with E-state index in [4.69, 9.17) is 36.5 Å². The maximum absolute atomic E-state index is 11.5. The molecule has 16 heteroatoms. The fourth-order valence-corrected chi connectivity index (χ4v) is 7.19. The number of anilines is 2. The number of benzene rings is 3. The Labute approximate surface area is 407 Å². The Bertz CT molecular complexity index is 2360. The number of pyridine rings is 2. The number of carbonyl (C=O) groups is 2. The summed E-state index contributed by atoms with van der Waals surface area (Å²) in [7, 11) is 0. The number of amidine groups is 2. The van der Waals surface area contributed by atoms with Crippen LogP contribution < -0.4 is 37.5 Å². The first-order valence-corrected chi connectivity index (χ1v) is 23.8. The SMILES string of the molecule is CCOC(=O)CCCCCNCc1c(CNc2ccc(C(=N)N)cc2)cnc(C)c1O.CCOC(=O)CCCCCNCc1c(CNc2ccc(C(=N)N)cc2)cnc(C)c1OCc1ccccc1. The van der Waals surface area contributed by atoms with Gasteiger partial charge in [-0.2, -0.15) is 0 Å². The van der Waals surface area contributed by atoms with Crippen molar-refractivity contribution in [3.63, 3.8) is 0 Å². The molecule has 0 aliphatic carbocycles. The lowest BCUT2D eigenvalue weighted by molar-refractivity contribution is -0.144. The molecular weight excluding hydrogens is 873 g/mol. The summed E-state index contributed by atoms with van der Waals surface area (Å²) in [5.74, 6) is 0.833. The molecule has 5 aromatic rings. The van der Waals surface area contributed by atoms with Gasteiger partial charge >= 0.3 is 11.9 Å². The van der Waals surface area contributed by atoms with Crippen LogP contribution in [0.25, 0.3) is 0 Å². The van der Waals surface area contributed by atoms with Crippen molar-refractivity contribution < 1.29 is 28.9 Å². The van der Waals surface area contributed by atoms with Gasteiger partial charge in [0.1, 0.15) is 29.8 Å². The summed E-state index contributed by atoms with van der Waals surface area (Å²) < 4.78 is 16.2. The van der Waals surface area contributed by atoms with Crippen molar-refractivity contribution in [2.45, 2.75) is 112 Å². The summed E-state index contributed by atoms with van der Waals surface area (Å²) in [4.78, 5) is 31.8. The molecule has 16 nitrogen and oxygen atoms in total.